The molecule has 1 aliphatic heterocycles. The van der Waals surface area contributed by atoms with E-state index >= 15 is 0 Å². The van der Waals surface area contributed by atoms with Crippen LogP contribution in [0.1, 0.15) is 32.1 Å². The average molecular weight is 310 g/mol. The molecule has 0 radical (unpaired) electrons. The van der Waals surface area contributed by atoms with Gasteiger partial charge >= 0.3 is 0 Å². The van der Waals surface area contributed by atoms with E-state index in [1.807, 2.05) is 0 Å². The van der Waals surface area contributed by atoms with E-state index in [9.17, 15) is 10.1 Å². The summed E-state index contributed by atoms with van der Waals surface area (Å²) in [6.45, 7) is 1.12. The molecule has 114 valence electrons. The average Bonchev–Trinajstić information content (AvgIpc) is 3.11. The lowest BCUT2D eigenvalue weighted by Gasteiger charge is -2.27. The zero-order chi connectivity index (χ0) is 14.8. The smallest absolute Gasteiger partial charge is 0.271 e. The third-order valence-corrected chi connectivity index (χ3v) is 5.00. The van der Waals surface area contributed by atoms with Gasteiger partial charge in [-0.2, -0.15) is 0 Å². The highest BCUT2D eigenvalue weighted by Crippen LogP contribution is 2.36. The summed E-state index contributed by atoms with van der Waals surface area (Å²) in [6.07, 6.45) is 6.10. The van der Waals surface area contributed by atoms with Crippen molar-refractivity contribution in [3.8, 4) is 0 Å². The fraction of sp³-hybridized carbons (Fsp3) is 0.600. The van der Waals surface area contributed by atoms with Gasteiger partial charge in [-0.05, 0) is 44.2 Å². The van der Waals surface area contributed by atoms with E-state index < -0.39 is 4.92 Å². The highest BCUT2D eigenvalue weighted by molar-refractivity contribution is 6.33. The van der Waals surface area contributed by atoms with E-state index in [0.717, 1.165) is 18.7 Å². The second-order valence-corrected chi connectivity index (χ2v) is 6.38. The minimum absolute atomic E-state index is 0.0333. The summed E-state index contributed by atoms with van der Waals surface area (Å²) in [5.41, 5.74) is 0.836. The molecule has 1 saturated heterocycles. The van der Waals surface area contributed by atoms with Gasteiger partial charge in [-0.15, -0.1) is 0 Å². The molecule has 2 N–H and O–H groups in total. The zero-order valence-corrected chi connectivity index (χ0v) is 12.6. The molecule has 21 heavy (non-hydrogen) atoms. The molecule has 0 amide bonds. The number of non-ortho nitro benzene ring substituents is 1. The maximum atomic E-state index is 10.8. The zero-order valence-electron chi connectivity index (χ0n) is 11.8. The molecule has 1 aromatic rings. The summed E-state index contributed by atoms with van der Waals surface area (Å²) in [6, 6.07) is 5.65. The van der Waals surface area contributed by atoms with Gasteiger partial charge in [-0.3, -0.25) is 10.1 Å². The van der Waals surface area contributed by atoms with Crippen LogP contribution in [0.25, 0.3) is 0 Å². The molecule has 0 spiro atoms. The summed E-state index contributed by atoms with van der Waals surface area (Å²) < 4.78 is 0. The molecule has 1 saturated carbocycles. The van der Waals surface area contributed by atoms with Crippen molar-refractivity contribution in [1.82, 2.24) is 5.32 Å². The van der Waals surface area contributed by atoms with Crippen molar-refractivity contribution in [3.05, 3.63) is 33.3 Å². The van der Waals surface area contributed by atoms with Gasteiger partial charge in [0, 0.05) is 24.2 Å². The summed E-state index contributed by atoms with van der Waals surface area (Å²) >= 11 is 6.18. The normalized spacial score (nSPS) is 28.7. The highest BCUT2D eigenvalue weighted by Gasteiger charge is 2.35. The lowest BCUT2D eigenvalue weighted by Crippen LogP contribution is -2.38. The predicted octanol–water partition coefficient (Wildman–Crippen LogP) is 3.58. The quantitative estimate of drug-likeness (QED) is 0.659. The Labute approximate surface area is 129 Å². The number of rotatable bonds is 4. The van der Waals surface area contributed by atoms with Crippen molar-refractivity contribution in [3.63, 3.8) is 0 Å². The molecule has 1 heterocycles. The molecule has 0 bridgehead atoms. The molecule has 0 aromatic heterocycles. The third kappa shape index (κ3) is 3.14. The molecule has 3 atom stereocenters. The van der Waals surface area contributed by atoms with Crippen LogP contribution >= 0.6 is 11.6 Å². The Balaban J connectivity index is 1.71. The van der Waals surface area contributed by atoms with Gasteiger partial charge < -0.3 is 10.6 Å². The Bertz CT molecular complexity index is 532. The first-order valence-electron chi connectivity index (χ1n) is 7.59. The number of halogens is 1. The summed E-state index contributed by atoms with van der Waals surface area (Å²) in [5, 5.41) is 18.3. The van der Waals surface area contributed by atoms with Crippen molar-refractivity contribution in [2.45, 2.75) is 44.2 Å². The van der Waals surface area contributed by atoms with Crippen LogP contribution in [0.5, 0.6) is 0 Å². The maximum Gasteiger partial charge on any atom is 0.271 e. The van der Waals surface area contributed by atoms with Gasteiger partial charge in [0.05, 0.1) is 15.6 Å². The minimum atomic E-state index is -0.420. The van der Waals surface area contributed by atoms with Crippen LogP contribution < -0.4 is 10.6 Å². The van der Waals surface area contributed by atoms with Gasteiger partial charge in [-0.25, -0.2) is 0 Å². The van der Waals surface area contributed by atoms with Gasteiger partial charge in [0.25, 0.3) is 5.69 Å². The molecule has 3 unspecified atom stereocenters. The molecule has 1 aliphatic carbocycles. The van der Waals surface area contributed by atoms with E-state index in [0.29, 0.717) is 23.0 Å². The molecule has 6 heteroatoms. The Morgan fingerprint density at radius 3 is 2.81 bits per heavy atom. The van der Waals surface area contributed by atoms with Crippen LogP contribution in [-0.2, 0) is 0 Å². The van der Waals surface area contributed by atoms with Gasteiger partial charge in [0.2, 0.25) is 0 Å². The molecular formula is C15H20ClN3O2. The van der Waals surface area contributed by atoms with Crippen molar-refractivity contribution in [2.24, 2.45) is 5.92 Å². The number of anilines is 1. The Hall–Kier alpha value is -1.33. The van der Waals surface area contributed by atoms with Crippen molar-refractivity contribution < 1.29 is 4.92 Å². The Kier molecular flexibility index (Phi) is 4.31. The second kappa shape index (κ2) is 6.20. The van der Waals surface area contributed by atoms with Crippen LogP contribution in [0, 0.1) is 16.0 Å². The fourth-order valence-electron chi connectivity index (χ4n) is 3.66. The van der Waals surface area contributed by atoms with Gasteiger partial charge in [-0.1, -0.05) is 18.0 Å². The lowest BCUT2D eigenvalue weighted by atomic mass is 9.93. The molecule has 2 fully saturated rings. The van der Waals surface area contributed by atoms with E-state index in [4.69, 9.17) is 11.6 Å². The number of nitrogens with one attached hydrogen (secondary N) is 2. The number of nitro benzene ring substituents is 1. The van der Waals surface area contributed by atoms with E-state index in [-0.39, 0.29) is 5.69 Å². The van der Waals surface area contributed by atoms with E-state index in [1.54, 1.807) is 6.07 Å². The van der Waals surface area contributed by atoms with Gasteiger partial charge in [0.15, 0.2) is 0 Å². The first kappa shape index (κ1) is 14.6. The molecule has 5 nitrogen and oxygen atoms in total. The monoisotopic (exact) mass is 309 g/mol. The number of benzene rings is 1. The van der Waals surface area contributed by atoms with Crippen molar-refractivity contribution in [2.75, 3.05) is 11.9 Å². The molecule has 2 aliphatic rings. The minimum Gasteiger partial charge on any atom is -0.381 e. The van der Waals surface area contributed by atoms with Crippen LogP contribution in [0.15, 0.2) is 18.2 Å². The summed E-state index contributed by atoms with van der Waals surface area (Å²) in [7, 11) is 0. The Morgan fingerprint density at radius 1 is 1.29 bits per heavy atom. The molecular weight excluding hydrogens is 290 g/mol. The Morgan fingerprint density at radius 2 is 2.14 bits per heavy atom. The first-order valence-corrected chi connectivity index (χ1v) is 7.97. The number of nitrogens with zero attached hydrogens (tertiary/aromatic N) is 1. The van der Waals surface area contributed by atoms with E-state index in [2.05, 4.69) is 10.6 Å². The summed E-state index contributed by atoms with van der Waals surface area (Å²) in [5.74, 6) is 0.624. The SMILES string of the molecule is O=[N+]([O-])c1ccc(NC2CCCC2C2CCCN2)c(Cl)c1. The van der Waals surface area contributed by atoms with Crippen LogP contribution in [0.3, 0.4) is 0 Å². The van der Waals surface area contributed by atoms with Gasteiger partial charge in [0.1, 0.15) is 0 Å². The van der Waals surface area contributed by atoms with E-state index in [1.165, 1.54) is 37.8 Å². The van der Waals surface area contributed by atoms with Crippen LogP contribution in [0.4, 0.5) is 11.4 Å². The van der Waals surface area contributed by atoms with Crippen LogP contribution in [0.2, 0.25) is 5.02 Å². The highest BCUT2D eigenvalue weighted by atomic mass is 35.5. The first-order chi connectivity index (χ1) is 10.1. The maximum absolute atomic E-state index is 10.8. The second-order valence-electron chi connectivity index (χ2n) is 5.97. The number of nitro groups is 1. The predicted molar refractivity (Wildman–Crippen MR) is 83.9 cm³/mol. The lowest BCUT2D eigenvalue weighted by molar-refractivity contribution is -0.384. The fourth-order valence-corrected chi connectivity index (χ4v) is 3.89. The molecule has 1 aromatic carbocycles. The number of hydrogen-bond acceptors (Lipinski definition) is 4. The summed E-state index contributed by atoms with van der Waals surface area (Å²) in [4.78, 5) is 10.3. The molecule has 3 rings (SSSR count). The standard InChI is InChI=1S/C15H20ClN3O2/c16-12-9-10(19(20)21)6-7-15(12)18-14-4-1-3-11(14)13-5-2-8-17-13/h6-7,9,11,13-14,17-18H,1-5,8H2. The third-order valence-electron chi connectivity index (χ3n) is 4.69. The number of hydrogen-bond donors (Lipinski definition) is 2. The van der Waals surface area contributed by atoms with Crippen LogP contribution in [-0.4, -0.2) is 23.6 Å². The van der Waals surface area contributed by atoms with Crippen molar-refractivity contribution in [1.29, 1.82) is 0 Å². The topological polar surface area (TPSA) is 67.2 Å². The largest absolute Gasteiger partial charge is 0.381 e. The van der Waals surface area contributed by atoms with Crippen molar-refractivity contribution >= 4 is 23.0 Å².